The van der Waals surface area contributed by atoms with E-state index < -0.39 is 5.60 Å². The van der Waals surface area contributed by atoms with E-state index in [4.69, 9.17) is 4.74 Å². The Morgan fingerprint density at radius 2 is 2.50 bits per heavy atom. The van der Waals surface area contributed by atoms with Crippen LogP contribution in [-0.4, -0.2) is 47.6 Å². The number of aromatic amines is 1. The van der Waals surface area contributed by atoms with Gasteiger partial charge in [-0.1, -0.05) is 0 Å². The highest BCUT2D eigenvalue weighted by atomic mass is 16.5. The molecule has 1 atom stereocenters. The van der Waals surface area contributed by atoms with Gasteiger partial charge in [-0.2, -0.15) is 5.10 Å². The van der Waals surface area contributed by atoms with E-state index in [-0.39, 0.29) is 0 Å². The maximum absolute atomic E-state index is 10.3. The van der Waals surface area contributed by atoms with Crippen molar-refractivity contribution in [3.05, 3.63) is 17.5 Å². The molecule has 0 unspecified atom stereocenters. The van der Waals surface area contributed by atoms with Crippen LogP contribution >= 0.6 is 0 Å². The van der Waals surface area contributed by atoms with Gasteiger partial charge >= 0.3 is 0 Å². The van der Waals surface area contributed by atoms with Crippen molar-refractivity contribution in [3.63, 3.8) is 0 Å². The van der Waals surface area contributed by atoms with E-state index in [0.717, 1.165) is 30.8 Å². The quantitative estimate of drug-likeness (QED) is 0.563. The van der Waals surface area contributed by atoms with Gasteiger partial charge in [0.05, 0.1) is 23.6 Å². The topological polar surface area (TPSA) is 82.2 Å². The minimum atomic E-state index is -0.621. The summed E-state index contributed by atoms with van der Waals surface area (Å²) in [5, 5.41) is 23.8. The number of nitrogens with one attached hydrogen (secondary N) is 3. The van der Waals surface area contributed by atoms with Crippen molar-refractivity contribution >= 4 is 0 Å². The predicted octanol–water partition coefficient (Wildman–Crippen LogP) is -0.240. The van der Waals surface area contributed by atoms with Crippen molar-refractivity contribution < 1.29 is 9.84 Å². The van der Waals surface area contributed by atoms with Gasteiger partial charge in [-0.15, -0.1) is 0 Å². The number of methoxy groups -OCH3 is 1. The Labute approximate surface area is 107 Å². The predicted molar refractivity (Wildman–Crippen MR) is 68.1 cm³/mol. The Hall–Kier alpha value is -0.950. The van der Waals surface area contributed by atoms with Crippen molar-refractivity contribution in [3.8, 4) is 0 Å². The number of β-amino-alcohol motifs (C(OH)–C–C–N with tert-alkyl or cyclic N) is 1. The smallest absolute Gasteiger partial charge is 0.0895 e. The second kappa shape index (κ2) is 6.29. The number of hydrogen-bond donors (Lipinski definition) is 4. The van der Waals surface area contributed by atoms with Crippen LogP contribution in [0.25, 0.3) is 0 Å². The number of aliphatic hydroxyl groups is 1. The fourth-order valence-corrected chi connectivity index (χ4v) is 2.26. The van der Waals surface area contributed by atoms with Gasteiger partial charge < -0.3 is 20.5 Å². The molecule has 1 aliphatic heterocycles. The summed E-state index contributed by atoms with van der Waals surface area (Å²) in [5.74, 6) is 0. The zero-order valence-electron chi connectivity index (χ0n) is 10.8. The molecule has 6 heteroatoms. The summed E-state index contributed by atoms with van der Waals surface area (Å²) in [5.41, 5.74) is 1.28. The van der Waals surface area contributed by atoms with Crippen LogP contribution in [0.3, 0.4) is 0 Å². The summed E-state index contributed by atoms with van der Waals surface area (Å²) >= 11 is 0. The molecule has 0 aromatic carbocycles. The first kappa shape index (κ1) is 13.5. The van der Waals surface area contributed by atoms with Crippen molar-refractivity contribution in [1.29, 1.82) is 0 Å². The van der Waals surface area contributed by atoms with Gasteiger partial charge in [-0.3, -0.25) is 5.10 Å². The Morgan fingerprint density at radius 1 is 1.61 bits per heavy atom. The Bertz CT molecular complexity index is 361. The van der Waals surface area contributed by atoms with Crippen molar-refractivity contribution in [2.45, 2.75) is 31.6 Å². The highest BCUT2D eigenvalue weighted by Gasteiger charge is 2.28. The molecule has 18 heavy (non-hydrogen) atoms. The average Bonchev–Trinajstić information content (AvgIpc) is 2.78. The third-order valence-electron chi connectivity index (χ3n) is 3.19. The minimum Gasteiger partial charge on any atom is -0.387 e. The van der Waals surface area contributed by atoms with E-state index in [1.165, 1.54) is 0 Å². The van der Waals surface area contributed by atoms with Crippen molar-refractivity contribution in [2.75, 3.05) is 26.7 Å². The second-order valence-electron chi connectivity index (χ2n) is 4.93. The molecule has 0 bridgehead atoms. The summed E-state index contributed by atoms with van der Waals surface area (Å²) in [6, 6.07) is 1.97. The first-order valence-corrected chi connectivity index (χ1v) is 6.38. The van der Waals surface area contributed by atoms with Gasteiger partial charge in [0.2, 0.25) is 0 Å². The molecule has 0 radical (unpaired) electrons. The molecule has 2 heterocycles. The molecule has 102 valence electrons. The molecule has 2 rings (SSSR count). The summed E-state index contributed by atoms with van der Waals surface area (Å²) in [4.78, 5) is 0. The zero-order valence-corrected chi connectivity index (χ0v) is 10.8. The summed E-state index contributed by atoms with van der Waals surface area (Å²) in [7, 11) is 1.66. The van der Waals surface area contributed by atoms with E-state index in [0.29, 0.717) is 26.2 Å². The van der Waals surface area contributed by atoms with Crippen LogP contribution in [0.1, 0.15) is 24.2 Å². The molecule has 0 saturated carbocycles. The normalized spacial score (nSPS) is 24.3. The summed E-state index contributed by atoms with van der Waals surface area (Å²) < 4.78 is 5.02. The molecule has 1 aromatic rings. The summed E-state index contributed by atoms with van der Waals surface area (Å²) in [6.07, 6.45) is 1.88. The lowest BCUT2D eigenvalue weighted by molar-refractivity contribution is 0.0168. The molecule has 4 N–H and O–H groups in total. The highest BCUT2D eigenvalue weighted by Crippen LogP contribution is 2.14. The van der Waals surface area contributed by atoms with Crippen LogP contribution in [0, 0.1) is 0 Å². The maximum atomic E-state index is 10.3. The molecular weight excluding hydrogens is 232 g/mol. The van der Waals surface area contributed by atoms with E-state index >= 15 is 0 Å². The molecule has 0 spiro atoms. The third kappa shape index (κ3) is 3.78. The Kier molecular flexibility index (Phi) is 4.71. The highest BCUT2D eigenvalue weighted by molar-refractivity contribution is 5.07. The van der Waals surface area contributed by atoms with Crippen LogP contribution in [0.4, 0.5) is 0 Å². The first-order valence-electron chi connectivity index (χ1n) is 6.38. The minimum absolute atomic E-state index is 0.543. The lowest BCUT2D eigenvalue weighted by Gasteiger charge is -2.32. The monoisotopic (exact) mass is 254 g/mol. The number of H-pyrrole nitrogens is 1. The zero-order chi connectivity index (χ0) is 12.8. The van der Waals surface area contributed by atoms with Gasteiger partial charge in [-0.05, 0) is 25.5 Å². The van der Waals surface area contributed by atoms with Gasteiger partial charge in [0, 0.05) is 26.7 Å². The largest absolute Gasteiger partial charge is 0.387 e. The maximum Gasteiger partial charge on any atom is 0.0895 e. The molecule has 0 aliphatic carbocycles. The number of aromatic nitrogens is 2. The fourth-order valence-electron chi connectivity index (χ4n) is 2.26. The Balaban J connectivity index is 1.73. The first-order chi connectivity index (χ1) is 8.72. The van der Waals surface area contributed by atoms with E-state index in [9.17, 15) is 5.11 Å². The average molecular weight is 254 g/mol. The molecular formula is C12H22N4O2. The summed E-state index contributed by atoms with van der Waals surface area (Å²) in [6.45, 7) is 3.45. The number of piperidine rings is 1. The molecule has 1 fully saturated rings. The number of ether oxygens (including phenoxy) is 1. The number of nitrogens with zero attached hydrogens (tertiary/aromatic N) is 1. The van der Waals surface area contributed by atoms with Gasteiger partial charge in [-0.25, -0.2) is 0 Å². The number of hydrogen-bond acceptors (Lipinski definition) is 5. The van der Waals surface area contributed by atoms with Crippen LogP contribution in [0.5, 0.6) is 0 Å². The van der Waals surface area contributed by atoms with Crippen LogP contribution < -0.4 is 10.6 Å². The Morgan fingerprint density at radius 3 is 3.22 bits per heavy atom. The molecule has 1 saturated heterocycles. The molecule has 0 amide bonds. The number of rotatable bonds is 6. The van der Waals surface area contributed by atoms with Gasteiger partial charge in [0.15, 0.2) is 0 Å². The SMILES string of the molecule is COCc1cc(CNC[C@@]2(O)CCCNC2)n[nH]1. The van der Waals surface area contributed by atoms with Crippen LogP contribution in [0.2, 0.25) is 0 Å². The van der Waals surface area contributed by atoms with Crippen LogP contribution in [-0.2, 0) is 17.9 Å². The lowest BCUT2D eigenvalue weighted by atomic mass is 9.94. The van der Waals surface area contributed by atoms with Crippen molar-refractivity contribution in [2.24, 2.45) is 0 Å². The van der Waals surface area contributed by atoms with Gasteiger partial charge in [0.1, 0.15) is 0 Å². The van der Waals surface area contributed by atoms with Crippen LogP contribution in [0.15, 0.2) is 6.07 Å². The second-order valence-corrected chi connectivity index (χ2v) is 4.93. The fraction of sp³-hybridized carbons (Fsp3) is 0.750. The van der Waals surface area contributed by atoms with Gasteiger partial charge in [0.25, 0.3) is 0 Å². The standard InChI is InChI=1S/C12H22N4O2/c1-18-7-11-5-10(15-16-11)6-14-9-12(17)3-2-4-13-8-12/h5,13-14,17H,2-4,6-9H2,1H3,(H,15,16)/t12-/m1/s1. The van der Waals surface area contributed by atoms with E-state index in [1.807, 2.05) is 6.07 Å². The molecule has 1 aromatic heterocycles. The van der Waals surface area contributed by atoms with Crippen molar-refractivity contribution in [1.82, 2.24) is 20.8 Å². The van der Waals surface area contributed by atoms with E-state index in [1.54, 1.807) is 7.11 Å². The lowest BCUT2D eigenvalue weighted by Crippen LogP contribution is -2.51. The molecule has 6 nitrogen and oxygen atoms in total. The van der Waals surface area contributed by atoms with E-state index in [2.05, 4.69) is 20.8 Å². The third-order valence-corrected chi connectivity index (χ3v) is 3.19. The molecule has 1 aliphatic rings.